The highest BCUT2D eigenvalue weighted by molar-refractivity contribution is 6.31. The van der Waals surface area contributed by atoms with Crippen LogP contribution in [0.3, 0.4) is 0 Å². The molecule has 2 aromatic carbocycles. The van der Waals surface area contributed by atoms with Crippen LogP contribution in [0.5, 0.6) is 5.75 Å². The number of benzene rings is 2. The van der Waals surface area contributed by atoms with Gasteiger partial charge in [0.05, 0.1) is 18.1 Å². The summed E-state index contributed by atoms with van der Waals surface area (Å²) < 4.78 is 16.6. The molecule has 2 heterocycles. The van der Waals surface area contributed by atoms with Crippen LogP contribution in [-0.2, 0) is 0 Å². The zero-order chi connectivity index (χ0) is 19.3. The number of nitrogens with zero attached hydrogens (tertiary/aromatic N) is 1. The number of oxazole rings is 1. The van der Waals surface area contributed by atoms with E-state index in [0.29, 0.717) is 33.7 Å². The maximum absolute atomic E-state index is 13.2. The summed E-state index contributed by atoms with van der Waals surface area (Å²) in [7, 11) is 0. The Morgan fingerprint density at radius 1 is 1.04 bits per heavy atom. The maximum Gasteiger partial charge on any atom is 0.231 e. The Balaban J connectivity index is 1.74. The molecule has 0 aliphatic heterocycles. The summed E-state index contributed by atoms with van der Waals surface area (Å²) in [5, 5.41) is 0. The zero-order valence-corrected chi connectivity index (χ0v) is 15.2. The molecular formula is C23H17NO4. The van der Waals surface area contributed by atoms with E-state index in [-0.39, 0.29) is 11.7 Å². The number of para-hydroxylation sites is 2. The summed E-state index contributed by atoms with van der Waals surface area (Å²) in [6, 6.07) is 17.8. The summed E-state index contributed by atoms with van der Waals surface area (Å²) >= 11 is 0. The Bertz CT molecular complexity index is 1120. The number of fused-ring (bicyclic) bond motifs is 1. The Morgan fingerprint density at radius 3 is 2.57 bits per heavy atom. The number of aromatic nitrogens is 1. The number of allylic oxidation sites excluding steroid dienone is 2. The summed E-state index contributed by atoms with van der Waals surface area (Å²) in [6.45, 7) is 1.87. The molecule has 138 valence electrons. The van der Waals surface area contributed by atoms with E-state index in [1.54, 1.807) is 61.1 Å². The van der Waals surface area contributed by atoms with Crippen molar-refractivity contribution in [3.63, 3.8) is 0 Å². The summed E-state index contributed by atoms with van der Waals surface area (Å²) in [6.07, 6.45) is 6.55. The number of Topliss-reactive ketones (excluding diaryl/α,β-unsaturated/α-hetero) is 1. The Hall–Kier alpha value is -3.86. The summed E-state index contributed by atoms with van der Waals surface area (Å²) in [5.74, 6) is 1.21. The minimum absolute atomic E-state index is 0.222. The molecule has 4 aromatic rings. The van der Waals surface area contributed by atoms with Gasteiger partial charge in [0.2, 0.25) is 5.89 Å². The van der Waals surface area contributed by atoms with Gasteiger partial charge in [0.15, 0.2) is 11.4 Å². The molecule has 0 saturated carbocycles. The van der Waals surface area contributed by atoms with Crippen LogP contribution < -0.4 is 4.74 Å². The first-order valence-electron chi connectivity index (χ1n) is 8.78. The van der Waals surface area contributed by atoms with Crippen LogP contribution in [0.2, 0.25) is 0 Å². The van der Waals surface area contributed by atoms with Crippen molar-refractivity contribution in [3.8, 4) is 5.75 Å². The van der Waals surface area contributed by atoms with Gasteiger partial charge in [-0.15, -0.1) is 0 Å². The molecule has 0 saturated heterocycles. The van der Waals surface area contributed by atoms with Gasteiger partial charge in [-0.1, -0.05) is 18.2 Å². The van der Waals surface area contributed by atoms with Gasteiger partial charge >= 0.3 is 0 Å². The molecule has 2 aromatic heterocycles. The lowest BCUT2D eigenvalue weighted by Crippen LogP contribution is -2.03. The number of ether oxygens (including phenoxy) is 1. The molecule has 0 aliphatic rings. The second-order valence-corrected chi connectivity index (χ2v) is 6.00. The van der Waals surface area contributed by atoms with Crippen LogP contribution in [0.1, 0.15) is 28.9 Å². The number of ketones is 1. The highest BCUT2D eigenvalue weighted by Crippen LogP contribution is 2.27. The monoisotopic (exact) mass is 371 g/mol. The number of rotatable bonds is 6. The molecule has 4 rings (SSSR count). The number of carbonyl (C=O) groups is 1. The van der Waals surface area contributed by atoms with Gasteiger partial charge < -0.3 is 13.6 Å². The van der Waals surface area contributed by atoms with Gasteiger partial charge in [-0.3, -0.25) is 4.79 Å². The summed E-state index contributed by atoms with van der Waals surface area (Å²) in [4.78, 5) is 17.7. The third kappa shape index (κ3) is 3.64. The molecular weight excluding hydrogens is 354 g/mol. The smallest absolute Gasteiger partial charge is 0.231 e. The molecule has 0 bridgehead atoms. The van der Waals surface area contributed by atoms with Gasteiger partial charge in [0.25, 0.3) is 0 Å². The Morgan fingerprint density at radius 2 is 1.86 bits per heavy atom. The molecule has 28 heavy (non-hydrogen) atoms. The minimum Gasteiger partial charge on any atom is -0.465 e. The molecule has 0 fully saturated rings. The largest absolute Gasteiger partial charge is 0.465 e. The van der Waals surface area contributed by atoms with Crippen molar-refractivity contribution in [3.05, 3.63) is 96.5 Å². The van der Waals surface area contributed by atoms with Crippen molar-refractivity contribution >= 4 is 28.5 Å². The van der Waals surface area contributed by atoms with Crippen LogP contribution in [0.15, 0.2) is 88.1 Å². The van der Waals surface area contributed by atoms with E-state index in [1.165, 1.54) is 0 Å². The number of furan rings is 1. The first-order chi connectivity index (χ1) is 13.7. The van der Waals surface area contributed by atoms with E-state index in [1.807, 2.05) is 31.2 Å². The number of carbonyl (C=O) groups excluding carboxylic acids is 1. The molecule has 0 spiro atoms. The fraction of sp³-hybridized carbons (Fsp3) is 0.0435. The van der Waals surface area contributed by atoms with Crippen molar-refractivity contribution in [1.82, 2.24) is 4.98 Å². The van der Waals surface area contributed by atoms with Crippen LogP contribution in [0.4, 0.5) is 0 Å². The molecule has 0 N–H and O–H groups in total. The standard InChI is InChI=1S/C23H17NO4/c1-2-13-26-17-11-9-16(10-12-17)22(25)19(15-18-6-5-14-27-18)23-24-20-7-3-4-8-21(20)28-23/h2-15H,1H3/b13-2+,19-15-. The van der Waals surface area contributed by atoms with Gasteiger partial charge in [0, 0.05) is 5.56 Å². The Labute approximate surface area is 161 Å². The van der Waals surface area contributed by atoms with E-state index in [4.69, 9.17) is 13.6 Å². The lowest BCUT2D eigenvalue weighted by atomic mass is 10.0. The lowest BCUT2D eigenvalue weighted by molar-refractivity contribution is 0.105. The molecule has 5 heteroatoms. The van der Waals surface area contributed by atoms with E-state index in [0.717, 1.165) is 0 Å². The van der Waals surface area contributed by atoms with Crippen molar-refractivity contribution in [2.75, 3.05) is 0 Å². The lowest BCUT2D eigenvalue weighted by Gasteiger charge is -2.05. The average molecular weight is 371 g/mol. The SMILES string of the molecule is C/C=C/Oc1ccc(C(=O)/C(=C/c2ccco2)c2nc3ccccc3o2)cc1. The fourth-order valence-corrected chi connectivity index (χ4v) is 2.71. The maximum atomic E-state index is 13.2. The van der Waals surface area contributed by atoms with Crippen LogP contribution in [0, 0.1) is 0 Å². The molecule has 0 amide bonds. The van der Waals surface area contributed by atoms with Crippen molar-refractivity contribution < 1.29 is 18.4 Å². The van der Waals surface area contributed by atoms with E-state index in [2.05, 4.69) is 4.98 Å². The van der Waals surface area contributed by atoms with Gasteiger partial charge in [-0.2, -0.15) is 0 Å². The average Bonchev–Trinajstić information content (AvgIpc) is 3.39. The van der Waals surface area contributed by atoms with Crippen LogP contribution in [-0.4, -0.2) is 10.8 Å². The minimum atomic E-state index is -0.222. The highest BCUT2D eigenvalue weighted by Gasteiger charge is 2.20. The fourth-order valence-electron chi connectivity index (χ4n) is 2.71. The van der Waals surface area contributed by atoms with E-state index < -0.39 is 0 Å². The van der Waals surface area contributed by atoms with Crippen molar-refractivity contribution in [2.24, 2.45) is 0 Å². The van der Waals surface area contributed by atoms with E-state index in [9.17, 15) is 4.79 Å². The zero-order valence-electron chi connectivity index (χ0n) is 15.2. The number of hydrogen-bond donors (Lipinski definition) is 0. The molecule has 0 aliphatic carbocycles. The third-order valence-electron chi connectivity index (χ3n) is 4.06. The van der Waals surface area contributed by atoms with Crippen molar-refractivity contribution in [1.29, 1.82) is 0 Å². The highest BCUT2D eigenvalue weighted by atomic mass is 16.5. The molecule has 0 unspecified atom stereocenters. The summed E-state index contributed by atoms with van der Waals surface area (Å²) in [5.41, 5.74) is 2.11. The second-order valence-electron chi connectivity index (χ2n) is 6.00. The van der Waals surface area contributed by atoms with E-state index >= 15 is 0 Å². The van der Waals surface area contributed by atoms with Crippen LogP contribution >= 0.6 is 0 Å². The first-order valence-corrected chi connectivity index (χ1v) is 8.78. The Kier molecular flexibility index (Phi) is 4.89. The molecule has 0 atom stereocenters. The van der Waals surface area contributed by atoms with Gasteiger partial charge in [0.1, 0.15) is 17.0 Å². The van der Waals surface area contributed by atoms with Crippen molar-refractivity contribution in [2.45, 2.75) is 6.92 Å². The second kappa shape index (κ2) is 7.80. The quantitative estimate of drug-likeness (QED) is 0.245. The van der Waals surface area contributed by atoms with Crippen LogP contribution in [0.25, 0.3) is 22.7 Å². The predicted octanol–water partition coefficient (Wildman–Crippen LogP) is 5.76. The predicted molar refractivity (Wildman–Crippen MR) is 107 cm³/mol. The molecule has 0 radical (unpaired) electrons. The van der Waals surface area contributed by atoms with Gasteiger partial charge in [-0.05, 0) is 61.5 Å². The topological polar surface area (TPSA) is 65.5 Å². The normalized spacial score (nSPS) is 12.0. The molecule has 5 nitrogen and oxygen atoms in total. The third-order valence-corrected chi connectivity index (χ3v) is 4.06. The van der Waals surface area contributed by atoms with Gasteiger partial charge in [-0.25, -0.2) is 4.98 Å². The first kappa shape index (κ1) is 17.5. The number of hydrogen-bond acceptors (Lipinski definition) is 5.